The lowest BCUT2D eigenvalue weighted by atomic mass is 10.2. The van der Waals surface area contributed by atoms with Crippen molar-refractivity contribution in [3.05, 3.63) is 29.0 Å². The highest BCUT2D eigenvalue weighted by Gasteiger charge is 2.20. The van der Waals surface area contributed by atoms with E-state index in [4.69, 9.17) is 22.2 Å². The van der Waals surface area contributed by atoms with Gasteiger partial charge in [-0.05, 0) is 32.0 Å². The number of nitrogens with zero attached hydrogens (tertiary/aromatic N) is 1. The monoisotopic (exact) mass is 260 g/mol. The topological polar surface area (TPSA) is 55.6 Å². The smallest absolute Gasteiger partial charge is 0.330 e. The molecule has 0 aliphatic rings. The van der Waals surface area contributed by atoms with Crippen molar-refractivity contribution in [1.29, 1.82) is 0 Å². The highest BCUT2D eigenvalue weighted by Crippen LogP contribution is 2.22. The minimum Gasteiger partial charge on any atom is -0.464 e. The Morgan fingerprint density at radius 1 is 1.65 bits per heavy atom. The zero-order chi connectivity index (χ0) is 13.0. The Hall–Kier alpha value is -1.33. The molecule has 1 aromatic carbocycles. The van der Waals surface area contributed by atoms with Crippen LogP contribution in [0.15, 0.2) is 18.2 Å². The minimum atomic E-state index is -0.670. The van der Waals surface area contributed by atoms with E-state index in [1.54, 1.807) is 13.8 Å². The lowest BCUT2D eigenvalue weighted by molar-refractivity contribution is -0.144. The van der Waals surface area contributed by atoms with Gasteiger partial charge in [0.1, 0.15) is 11.9 Å². The molecule has 0 saturated carbocycles. The van der Waals surface area contributed by atoms with Crippen molar-refractivity contribution < 1.29 is 13.9 Å². The van der Waals surface area contributed by atoms with Crippen LogP contribution in [0.2, 0.25) is 5.02 Å². The van der Waals surface area contributed by atoms with Gasteiger partial charge in [-0.1, -0.05) is 11.6 Å². The molecule has 0 aliphatic carbocycles. The van der Waals surface area contributed by atoms with Crippen molar-refractivity contribution in [3.63, 3.8) is 0 Å². The maximum absolute atomic E-state index is 13.0. The number of benzene rings is 1. The standard InChI is InChI=1S/C11H14ClFN2O2/c1-3-17-11(16)7(2)15(14)8-4-5-10(13)9(12)6-8/h4-7H,3,14H2,1-2H3. The molecule has 6 heteroatoms. The van der Waals surface area contributed by atoms with Gasteiger partial charge in [0.2, 0.25) is 0 Å². The fraction of sp³-hybridized carbons (Fsp3) is 0.364. The van der Waals surface area contributed by atoms with Crippen molar-refractivity contribution in [1.82, 2.24) is 0 Å². The molecule has 1 atom stereocenters. The number of esters is 1. The molecule has 2 N–H and O–H groups in total. The first-order chi connectivity index (χ1) is 7.97. The highest BCUT2D eigenvalue weighted by molar-refractivity contribution is 6.31. The van der Waals surface area contributed by atoms with Gasteiger partial charge in [0, 0.05) is 0 Å². The summed E-state index contributed by atoms with van der Waals surface area (Å²) in [6.07, 6.45) is 0. The number of nitrogens with two attached hydrogens (primary N) is 1. The van der Waals surface area contributed by atoms with E-state index in [9.17, 15) is 9.18 Å². The van der Waals surface area contributed by atoms with E-state index in [0.717, 1.165) is 0 Å². The van der Waals surface area contributed by atoms with E-state index in [1.807, 2.05) is 0 Å². The first kappa shape index (κ1) is 13.7. The third-order valence-electron chi connectivity index (χ3n) is 2.25. The van der Waals surface area contributed by atoms with Crippen LogP contribution in [-0.2, 0) is 9.53 Å². The number of ether oxygens (including phenoxy) is 1. The second-order valence-electron chi connectivity index (χ2n) is 3.43. The van der Waals surface area contributed by atoms with Crippen LogP contribution in [0.1, 0.15) is 13.8 Å². The van der Waals surface area contributed by atoms with E-state index in [2.05, 4.69) is 0 Å². The van der Waals surface area contributed by atoms with Gasteiger partial charge in [-0.25, -0.2) is 15.0 Å². The lowest BCUT2D eigenvalue weighted by Crippen LogP contribution is -2.45. The fourth-order valence-corrected chi connectivity index (χ4v) is 1.42. The molecular formula is C11H14ClFN2O2. The SMILES string of the molecule is CCOC(=O)C(C)N(N)c1ccc(F)c(Cl)c1. The number of halogens is 2. The van der Waals surface area contributed by atoms with E-state index < -0.39 is 17.8 Å². The average molecular weight is 261 g/mol. The molecule has 0 aromatic heterocycles. The van der Waals surface area contributed by atoms with Crippen molar-refractivity contribution in [2.45, 2.75) is 19.9 Å². The first-order valence-electron chi connectivity index (χ1n) is 5.13. The molecule has 0 bridgehead atoms. The van der Waals surface area contributed by atoms with Gasteiger partial charge in [0.15, 0.2) is 0 Å². The Labute approximate surface area is 104 Å². The molecule has 0 saturated heterocycles. The van der Waals surface area contributed by atoms with E-state index >= 15 is 0 Å². The number of hydrazine groups is 1. The van der Waals surface area contributed by atoms with Crippen LogP contribution in [0.25, 0.3) is 0 Å². The summed E-state index contributed by atoms with van der Waals surface area (Å²) in [5.74, 6) is 4.76. The molecule has 17 heavy (non-hydrogen) atoms. The zero-order valence-corrected chi connectivity index (χ0v) is 10.4. The second-order valence-corrected chi connectivity index (χ2v) is 3.84. The van der Waals surface area contributed by atoms with E-state index in [-0.39, 0.29) is 11.6 Å². The van der Waals surface area contributed by atoms with Crippen LogP contribution >= 0.6 is 11.6 Å². The maximum atomic E-state index is 13.0. The molecule has 0 aliphatic heterocycles. The van der Waals surface area contributed by atoms with Crippen LogP contribution < -0.4 is 10.9 Å². The summed E-state index contributed by atoms with van der Waals surface area (Å²) in [6.45, 7) is 3.58. The van der Waals surface area contributed by atoms with Gasteiger partial charge in [-0.15, -0.1) is 0 Å². The largest absolute Gasteiger partial charge is 0.464 e. The molecule has 4 nitrogen and oxygen atoms in total. The molecule has 1 aromatic rings. The average Bonchev–Trinajstić information content (AvgIpc) is 2.31. The highest BCUT2D eigenvalue weighted by atomic mass is 35.5. The Kier molecular flexibility index (Phi) is 4.72. The molecule has 94 valence electrons. The number of anilines is 1. The van der Waals surface area contributed by atoms with Crippen LogP contribution in [-0.4, -0.2) is 18.6 Å². The van der Waals surface area contributed by atoms with Gasteiger partial charge in [-0.3, -0.25) is 5.01 Å². The van der Waals surface area contributed by atoms with Crippen molar-refractivity contribution in [3.8, 4) is 0 Å². The van der Waals surface area contributed by atoms with Gasteiger partial charge in [0.05, 0.1) is 17.3 Å². The third kappa shape index (κ3) is 3.31. The fourth-order valence-electron chi connectivity index (χ4n) is 1.25. The Morgan fingerprint density at radius 3 is 2.82 bits per heavy atom. The molecule has 1 rings (SSSR count). The number of hydrogen-bond donors (Lipinski definition) is 1. The van der Waals surface area contributed by atoms with E-state index in [0.29, 0.717) is 5.69 Å². The predicted molar refractivity (Wildman–Crippen MR) is 64.2 cm³/mol. The normalized spacial score (nSPS) is 12.1. The van der Waals surface area contributed by atoms with E-state index in [1.165, 1.54) is 23.2 Å². The van der Waals surface area contributed by atoms with Crippen molar-refractivity contribution >= 4 is 23.3 Å². The predicted octanol–water partition coefficient (Wildman–Crippen LogP) is 2.11. The summed E-state index contributed by atoms with van der Waals surface area (Å²) < 4.78 is 17.8. The van der Waals surface area contributed by atoms with Crippen molar-refractivity contribution in [2.75, 3.05) is 11.6 Å². The number of rotatable bonds is 4. The Morgan fingerprint density at radius 2 is 2.29 bits per heavy atom. The minimum absolute atomic E-state index is 0.0472. The number of carbonyl (C=O) groups excluding carboxylic acids is 1. The maximum Gasteiger partial charge on any atom is 0.330 e. The molecule has 0 heterocycles. The van der Waals surface area contributed by atoms with Crippen LogP contribution in [0.4, 0.5) is 10.1 Å². The van der Waals surface area contributed by atoms with Crippen molar-refractivity contribution in [2.24, 2.45) is 5.84 Å². The molecule has 0 spiro atoms. The summed E-state index contributed by atoms with van der Waals surface area (Å²) in [4.78, 5) is 11.5. The first-order valence-corrected chi connectivity index (χ1v) is 5.50. The summed E-state index contributed by atoms with van der Waals surface area (Å²) in [6, 6.07) is 3.32. The zero-order valence-electron chi connectivity index (χ0n) is 9.61. The summed E-state index contributed by atoms with van der Waals surface area (Å²) in [7, 11) is 0. The third-order valence-corrected chi connectivity index (χ3v) is 2.54. The van der Waals surface area contributed by atoms with Gasteiger partial charge in [-0.2, -0.15) is 0 Å². The van der Waals surface area contributed by atoms with Gasteiger partial charge >= 0.3 is 5.97 Å². The van der Waals surface area contributed by atoms with Crippen LogP contribution in [0.3, 0.4) is 0 Å². The summed E-state index contributed by atoms with van der Waals surface area (Å²) in [5, 5.41) is 1.14. The molecule has 1 unspecified atom stereocenters. The number of hydrogen-bond acceptors (Lipinski definition) is 4. The molecule has 0 amide bonds. The summed E-state index contributed by atoms with van der Waals surface area (Å²) in [5.41, 5.74) is 0.442. The van der Waals surface area contributed by atoms with Crippen LogP contribution in [0.5, 0.6) is 0 Å². The summed E-state index contributed by atoms with van der Waals surface area (Å²) >= 11 is 5.63. The molecule has 0 radical (unpaired) electrons. The quantitative estimate of drug-likeness (QED) is 0.512. The molecular weight excluding hydrogens is 247 g/mol. The molecule has 0 fully saturated rings. The Bertz CT molecular complexity index is 414. The van der Waals surface area contributed by atoms with Gasteiger partial charge in [0.25, 0.3) is 0 Å². The van der Waals surface area contributed by atoms with Crippen LogP contribution in [0, 0.1) is 5.82 Å². The Balaban J connectivity index is 2.84. The number of carbonyl (C=O) groups is 1. The lowest BCUT2D eigenvalue weighted by Gasteiger charge is -2.24. The second kappa shape index (κ2) is 5.84. The van der Waals surface area contributed by atoms with Gasteiger partial charge < -0.3 is 4.74 Å².